The van der Waals surface area contributed by atoms with Gasteiger partial charge in [0.2, 0.25) is 0 Å². The number of hydrogen-bond acceptors (Lipinski definition) is 5. The van der Waals surface area contributed by atoms with Crippen LogP contribution in [0.15, 0.2) is 18.3 Å². The number of anilines is 1. The molecule has 0 bridgehead atoms. The summed E-state index contributed by atoms with van der Waals surface area (Å²) >= 11 is 0. The standard InChI is InChI=1S/C17H24N4O2/c22-17(12-3-6-16(18-8-12)20-13-4-5-13)19-9-15-10-21-7-1-2-14(21)11-23-15/h3,6,8,13-15H,1-2,4-5,7,9-11H2,(H,18,20)(H,19,22). The van der Waals surface area contributed by atoms with Crippen LogP contribution in [0.1, 0.15) is 36.0 Å². The van der Waals surface area contributed by atoms with Gasteiger partial charge in [0.25, 0.3) is 5.91 Å². The Kier molecular flexibility index (Phi) is 4.18. The number of carbonyl (C=O) groups is 1. The van der Waals surface area contributed by atoms with Crippen LogP contribution in [-0.2, 0) is 4.74 Å². The largest absolute Gasteiger partial charge is 0.373 e. The van der Waals surface area contributed by atoms with Gasteiger partial charge in [0.1, 0.15) is 5.82 Å². The van der Waals surface area contributed by atoms with Crippen molar-refractivity contribution in [2.45, 2.75) is 43.9 Å². The number of amides is 1. The summed E-state index contributed by atoms with van der Waals surface area (Å²) < 4.78 is 5.87. The van der Waals surface area contributed by atoms with Crippen molar-refractivity contribution >= 4 is 11.7 Å². The molecule has 124 valence electrons. The van der Waals surface area contributed by atoms with Crippen LogP contribution in [0, 0.1) is 0 Å². The van der Waals surface area contributed by atoms with Crippen LogP contribution < -0.4 is 10.6 Å². The number of nitrogens with zero attached hydrogens (tertiary/aromatic N) is 2. The van der Waals surface area contributed by atoms with E-state index in [-0.39, 0.29) is 12.0 Å². The Labute approximate surface area is 136 Å². The molecule has 1 aliphatic carbocycles. The van der Waals surface area contributed by atoms with Crippen molar-refractivity contribution in [3.8, 4) is 0 Å². The summed E-state index contributed by atoms with van der Waals surface area (Å²) in [5.74, 6) is 0.766. The summed E-state index contributed by atoms with van der Waals surface area (Å²) in [6.45, 7) is 3.44. The third-order valence-corrected chi connectivity index (χ3v) is 4.91. The van der Waals surface area contributed by atoms with Crippen LogP contribution in [0.5, 0.6) is 0 Å². The maximum absolute atomic E-state index is 12.2. The van der Waals surface area contributed by atoms with E-state index in [4.69, 9.17) is 4.74 Å². The lowest BCUT2D eigenvalue weighted by atomic mass is 10.2. The van der Waals surface area contributed by atoms with Crippen LogP contribution in [0.2, 0.25) is 0 Å². The first-order valence-electron chi connectivity index (χ1n) is 8.64. The first kappa shape index (κ1) is 14.9. The minimum absolute atomic E-state index is 0.0809. The highest BCUT2D eigenvalue weighted by atomic mass is 16.5. The molecule has 4 rings (SSSR count). The highest BCUT2D eigenvalue weighted by Gasteiger charge is 2.32. The van der Waals surface area contributed by atoms with Crippen LogP contribution in [-0.4, -0.2) is 60.2 Å². The molecule has 0 spiro atoms. The highest BCUT2D eigenvalue weighted by Crippen LogP contribution is 2.24. The summed E-state index contributed by atoms with van der Waals surface area (Å²) in [6, 6.07) is 4.86. The topological polar surface area (TPSA) is 66.5 Å². The fourth-order valence-electron chi connectivity index (χ4n) is 3.37. The predicted octanol–water partition coefficient (Wildman–Crippen LogP) is 1.25. The number of rotatable bonds is 5. The summed E-state index contributed by atoms with van der Waals surface area (Å²) in [6.07, 6.45) is 6.66. The van der Waals surface area contributed by atoms with E-state index in [0.29, 0.717) is 24.2 Å². The fourth-order valence-corrected chi connectivity index (χ4v) is 3.37. The molecule has 0 aromatic carbocycles. The van der Waals surface area contributed by atoms with Gasteiger partial charge in [0.15, 0.2) is 0 Å². The van der Waals surface area contributed by atoms with Crippen molar-refractivity contribution in [2.75, 3.05) is 31.6 Å². The third kappa shape index (κ3) is 3.64. The van der Waals surface area contributed by atoms with Crippen LogP contribution in [0.3, 0.4) is 0 Å². The Morgan fingerprint density at radius 1 is 1.35 bits per heavy atom. The van der Waals surface area contributed by atoms with Crippen LogP contribution >= 0.6 is 0 Å². The SMILES string of the molecule is O=C(NCC1CN2CCCC2CO1)c1ccc(NC2CC2)nc1. The van der Waals surface area contributed by atoms with E-state index >= 15 is 0 Å². The van der Waals surface area contributed by atoms with Crippen LogP contribution in [0.25, 0.3) is 0 Å². The minimum Gasteiger partial charge on any atom is -0.373 e. The fraction of sp³-hybridized carbons (Fsp3) is 0.647. The van der Waals surface area contributed by atoms with Gasteiger partial charge in [-0.15, -0.1) is 0 Å². The number of morpholine rings is 1. The maximum Gasteiger partial charge on any atom is 0.252 e. The normalized spacial score (nSPS) is 27.5. The Morgan fingerprint density at radius 2 is 2.26 bits per heavy atom. The molecule has 3 heterocycles. The van der Waals surface area contributed by atoms with E-state index in [9.17, 15) is 4.79 Å². The zero-order chi connectivity index (χ0) is 15.6. The molecule has 3 aliphatic rings. The van der Waals surface area contributed by atoms with Gasteiger partial charge in [-0.05, 0) is 44.4 Å². The van der Waals surface area contributed by atoms with E-state index in [0.717, 1.165) is 25.5 Å². The number of hydrogen-bond donors (Lipinski definition) is 2. The van der Waals surface area contributed by atoms with Gasteiger partial charge in [-0.25, -0.2) is 4.98 Å². The number of pyridine rings is 1. The minimum atomic E-state index is -0.0809. The molecule has 2 atom stereocenters. The molecule has 0 radical (unpaired) electrons. The van der Waals surface area contributed by atoms with E-state index in [2.05, 4.69) is 20.5 Å². The van der Waals surface area contributed by atoms with Crippen molar-refractivity contribution in [1.29, 1.82) is 0 Å². The summed E-state index contributed by atoms with van der Waals surface area (Å²) in [5, 5.41) is 6.29. The van der Waals surface area contributed by atoms with E-state index < -0.39 is 0 Å². The molecule has 2 saturated heterocycles. The Morgan fingerprint density at radius 3 is 3.04 bits per heavy atom. The lowest BCUT2D eigenvalue weighted by Crippen LogP contribution is -2.50. The molecule has 1 saturated carbocycles. The summed E-state index contributed by atoms with van der Waals surface area (Å²) in [5.41, 5.74) is 0.598. The lowest BCUT2D eigenvalue weighted by Gasteiger charge is -2.35. The van der Waals surface area contributed by atoms with Gasteiger partial charge >= 0.3 is 0 Å². The van der Waals surface area contributed by atoms with Crippen molar-refractivity contribution < 1.29 is 9.53 Å². The van der Waals surface area contributed by atoms with E-state index in [1.54, 1.807) is 6.20 Å². The first-order chi connectivity index (χ1) is 11.3. The monoisotopic (exact) mass is 316 g/mol. The zero-order valence-corrected chi connectivity index (χ0v) is 13.3. The average molecular weight is 316 g/mol. The number of carbonyl (C=O) groups excluding carboxylic acids is 1. The molecular formula is C17H24N4O2. The van der Waals surface area contributed by atoms with Gasteiger partial charge in [0.05, 0.1) is 18.3 Å². The van der Waals surface area contributed by atoms with E-state index in [1.165, 1.54) is 25.7 Å². The predicted molar refractivity (Wildman–Crippen MR) is 87.5 cm³/mol. The quantitative estimate of drug-likeness (QED) is 0.856. The molecule has 1 aromatic rings. The zero-order valence-electron chi connectivity index (χ0n) is 13.3. The van der Waals surface area contributed by atoms with E-state index in [1.807, 2.05) is 12.1 Å². The molecular weight excluding hydrogens is 292 g/mol. The smallest absolute Gasteiger partial charge is 0.252 e. The highest BCUT2D eigenvalue weighted by molar-refractivity contribution is 5.94. The van der Waals surface area contributed by atoms with Crippen molar-refractivity contribution in [2.24, 2.45) is 0 Å². The summed E-state index contributed by atoms with van der Waals surface area (Å²) in [7, 11) is 0. The van der Waals surface area contributed by atoms with Crippen molar-refractivity contribution in [3.05, 3.63) is 23.9 Å². The molecule has 6 heteroatoms. The molecule has 23 heavy (non-hydrogen) atoms. The Bertz CT molecular complexity index is 558. The number of fused-ring (bicyclic) bond motifs is 1. The first-order valence-corrected chi connectivity index (χ1v) is 8.64. The number of ether oxygens (including phenoxy) is 1. The molecule has 6 nitrogen and oxygen atoms in total. The van der Waals surface area contributed by atoms with Gasteiger partial charge < -0.3 is 15.4 Å². The molecule has 2 N–H and O–H groups in total. The second-order valence-corrected chi connectivity index (χ2v) is 6.81. The molecule has 2 aliphatic heterocycles. The van der Waals surface area contributed by atoms with Gasteiger partial charge in [-0.3, -0.25) is 9.69 Å². The molecule has 3 fully saturated rings. The molecule has 1 amide bonds. The maximum atomic E-state index is 12.2. The Hall–Kier alpha value is -1.66. The number of aromatic nitrogens is 1. The molecule has 2 unspecified atom stereocenters. The van der Waals surface area contributed by atoms with Crippen molar-refractivity contribution in [1.82, 2.24) is 15.2 Å². The Balaban J connectivity index is 1.26. The van der Waals surface area contributed by atoms with Crippen molar-refractivity contribution in [3.63, 3.8) is 0 Å². The van der Waals surface area contributed by atoms with Gasteiger partial charge in [0, 0.05) is 31.4 Å². The molecule has 1 aromatic heterocycles. The second-order valence-electron chi connectivity index (χ2n) is 6.81. The number of nitrogens with one attached hydrogen (secondary N) is 2. The van der Waals surface area contributed by atoms with Gasteiger partial charge in [-0.2, -0.15) is 0 Å². The summed E-state index contributed by atoms with van der Waals surface area (Å²) in [4.78, 5) is 19.0. The lowest BCUT2D eigenvalue weighted by molar-refractivity contribution is -0.0461. The average Bonchev–Trinajstić information content (AvgIpc) is 3.27. The third-order valence-electron chi connectivity index (χ3n) is 4.91. The van der Waals surface area contributed by atoms with Crippen LogP contribution in [0.4, 0.5) is 5.82 Å². The second kappa shape index (κ2) is 6.45. The van der Waals surface area contributed by atoms with Gasteiger partial charge in [-0.1, -0.05) is 0 Å².